The number of hydroxylamine groups is 1. The minimum absolute atomic E-state index is 0.0383. The van der Waals surface area contributed by atoms with Crippen LogP contribution >= 0.6 is 15.9 Å². The van der Waals surface area contributed by atoms with Crippen LogP contribution in [-0.2, 0) is 16.2 Å². The molecule has 0 atom stereocenters. The fourth-order valence-electron chi connectivity index (χ4n) is 3.21. The monoisotopic (exact) mass is 542 g/mol. The molecule has 4 rings (SSSR count). The molecule has 0 aliphatic carbocycles. The van der Waals surface area contributed by atoms with Gasteiger partial charge in [0.2, 0.25) is 0 Å². The van der Waals surface area contributed by atoms with E-state index in [1.807, 2.05) is 60.7 Å². The Morgan fingerprint density at radius 1 is 0.778 bits per heavy atom. The summed E-state index contributed by atoms with van der Waals surface area (Å²) in [7, 11) is 0. The molecule has 7 heteroatoms. The molecule has 0 saturated carbocycles. The molecule has 0 fully saturated rings. The fraction of sp³-hybridized carbons (Fsp3) is 0.0345. The van der Waals surface area contributed by atoms with E-state index < -0.39 is 11.8 Å². The molecular formula is C29H23BrN2O4. The highest BCUT2D eigenvalue weighted by Gasteiger charge is 2.15. The standard InChI is InChI=1S/C29H23BrN2O4/c30-25-13-7-8-14-27(25)36-24-17-15-21(16-18-24)19-26(31-28(33)23-11-5-2-6-12-23)29(34)32-35-20-22-9-3-1-4-10-22/h1-19H,20H2,(H,31,33)(H,32,34). The number of rotatable bonds is 9. The summed E-state index contributed by atoms with van der Waals surface area (Å²) in [4.78, 5) is 31.0. The molecule has 4 aromatic carbocycles. The number of hydrogen-bond acceptors (Lipinski definition) is 4. The molecule has 0 heterocycles. The van der Waals surface area contributed by atoms with Gasteiger partial charge in [0.05, 0.1) is 11.1 Å². The van der Waals surface area contributed by atoms with Crippen molar-refractivity contribution >= 4 is 33.8 Å². The summed E-state index contributed by atoms with van der Waals surface area (Å²) in [6.45, 7) is 0.188. The maximum absolute atomic E-state index is 12.9. The highest BCUT2D eigenvalue weighted by molar-refractivity contribution is 9.10. The molecule has 0 radical (unpaired) electrons. The summed E-state index contributed by atoms with van der Waals surface area (Å²) < 4.78 is 6.74. The van der Waals surface area contributed by atoms with E-state index in [2.05, 4.69) is 26.7 Å². The summed E-state index contributed by atoms with van der Waals surface area (Å²) in [5.41, 5.74) is 4.47. The van der Waals surface area contributed by atoms with E-state index in [9.17, 15) is 9.59 Å². The van der Waals surface area contributed by atoms with Crippen LogP contribution in [0, 0.1) is 0 Å². The summed E-state index contributed by atoms with van der Waals surface area (Å²) in [5.74, 6) is 0.328. The second kappa shape index (κ2) is 12.5. The molecule has 0 aliphatic rings. The largest absolute Gasteiger partial charge is 0.456 e. The zero-order valence-electron chi connectivity index (χ0n) is 19.2. The van der Waals surface area contributed by atoms with E-state index in [1.54, 1.807) is 54.6 Å². The lowest BCUT2D eigenvalue weighted by Crippen LogP contribution is -2.34. The minimum Gasteiger partial charge on any atom is -0.456 e. The second-order valence-electron chi connectivity index (χ2n) is 7.69. The van der Waals surface area contributed by atoms with Gasteiger partial charge in [0.15, 0.2) is 0 Å². The van der Waals surface area contributed by atoms with Gasteiger partial charge in [-0.25, -0.2) is 5.48 Å². The predicted molar refractivity (Wildman–Crippen MR) is 142 cm³/mol. The topological polar surface area (TPSA) is 76.7 Å². The first-order valence-electron chi connectivity index (χ1n) is 11.1. The highest BCUT2D eigenvalue weighted by Crippen LogP contribution is 2.29. The Kier molecular flexibility index (Phi) is 8.64. The van der Waals surface area contributed by atoms with Gasteiger partial charge in [-0.2, -0.15) is 0 Å². The van der Waals surface area contributed by atoms with Crippen molar-refractivity contribution in [3.8, 4) is 11.5 Å². The summed E-state index contributed by atoms with van der Waals surface area (Å²) in [5, 5.41) is 2.68. The lowest BCUT2D eigenvalue weighted by Gasteiger charge is -2.12. The van der Waals surface area contributed by atoms with Crippen LogP contribution in [0.2, 0.25) is 0 Å². The van der Waals surface area contributed by atoms with Gasteiger partial charge in [-0.15, -0.1) is 0 Å². The van der Waals surface area contributed by atoms with Gasteiger partial charge in [0.1, 0.15) is 17.2 Å². The molecule has 36 heavy (non-hydrogen) atoms. The van der Waals surface area contributed by atoms with Gasteiger partial charge in [-0.1, -0.05) is 72.8 Å². The Balaban J connectivity index is 1.49. The molecule has 0 unspecified atom stereocenters. The molecule has 0 saturated heterocycles. The molecule has 180 valence electrons. The van der Waals surface area contributed by atoms with Crippen molar-refractivity contribution in [3.63, 3.8) is 0 Å². The quantitative estimate of drug-likeness (QED) is 0.193. The van der Waals surface area contributed by atoms with Crippen molar-refractivity contribution in [2.24, 2.45) is 0 Å². The SMILES string of the molecule is O=C(NOCc1ccccc1)C(=Cc1ccc(Oc2ccccc2Br)cc1)NC(=O)c1ccccc1. The smallest absolute Gasteiger partial charge is 0.291 e. The molecular weight excluding hydrogens is 520 g/mol. The van der Waals surface area contributed by atoms with Gasteiger partial charge in [0, 0.05) is 5.56 Å². The third-order valence-electron chi connectivity index (χ3n) is 5.03. The maximum atomic E-state index is 12.9. The molecule has 2 N–H and O–H groups in total. The lowest BCUT2D eigenvalue weighted by atomic mass is 10.1. The molecule has 6 nitrogen and oxygen atoms in total. The third kappa shape index (κ3) is 7.15. The van der Waals surface area contributed by atoms with Gasteiger partial charge in [-0.3, -0.25) is 14.4 Å². The van der Waals surface area contributed by atoms with Crippen molar-refractivity contribution in [3.05, 3.63) is 136 Å². The lowest BCUT2D eigenvalue weighted by molar-refractivity contribution is -0.130. The fourth-order valence-corrected chi connectivity index (χ4v) is 3.58. The molecule has 2 amide bonds. The number of carbonyl (C=O) groups excluding carboxylic acids is 2. The van der Waals surface area contributed by atoms with Crippen molar-refractivity contribution < 1.29 is 19.2 Å². The highest BCUT2D eigenvalue weighted by atomic mass is 79.9. The van der Waals surface area contributed by atoms with Crippen molar-refractivity contribution in [1.82, 2.24) is 10.8 Å². The number of halogens is 1. The Labute approximate surface area is 217 Å². The minimum atomic E-state index is -0.580. The van der Waals surface area contributed by atoms with Crippen LogP contribution in [0.1, 0.15) is 21.5 Å². The Hall–Kier alpha value is -4.20. The van der Waals surface area contributed by atoms with Crippen molar-refractivity contribution in [2.75, 3.05) is 0 Å². The number of benzene rings is 4. The number of hydrogen-bond donors (Lipinski definition) is 2. The van der Waals surface area contributed by atoms with Crippen molar-refractivity contribution in [1.29, 1.82) is 0 Å². The van der Waals surface area contributed by atoms with E-state index in [0.29, 0.717) is 22.6 Å². The van der Waals surface area contributed by atoms with E-state index in [1.165, 1.54) is 0 Å². The zero-order chi connectivity index (χ0) is 25.2. The molecule has 0 aliphatic heterocycles. The normalized spacial score (nSPS) is 11.0. The molecule has 0 bridgehead atoms. The first kappa shape index (κ1) is 24.9. The number of ether oxygens (including phenoxy) is 1. The third-order valence-corrected chi connectivity index (χ3v) is 5.69. The maximum Gasteiger partial charge on any atom is 0.291 e. The zero-order valence-corrected chi connectivity index (χ0v) is 20.8. The van der Waals surface area contributed by atoms with E-state index in [0.717, 1.165) is 10.0 Å². The second-order valence-corrected chi connectivity index (χ2v) is 8.54. The Bertz CT molecular complexity index is 1340. The van der Waals surface area contributed by atoms with Crippen LogP contribution in [0.4, 0.5) is 0 Å². The molecule has 0 aromatic heterocycles. The first-order chi connectivity index (χ1) is 17.6. The number of carbonyl (C=O) groups is 2. The van der Waals surface area contributed by atoms with Crippen LogP contribution in [0.5, 0.6) is 11.5 Å². The van der Waals surface area contributed by atoms with Crippen LogP contribution < -0.4 is 15.5 Å². The number of amides is 2. The summed E-state index contributed by atoms with van der Waals surface area (Å²) in [6.07, 6.45) is 1.57. The van der Waals surface area contributed by atoms with Crippen molar-refractivity contribution in [2.45, 2.75) is 6.61 Å². The van der Waals surface area contributed by atoms with Crippen LogP contribution in [0.3, 0.4) is 0 Å². The Morgan fingerprint density at radius 3 is 2.11 bits per heavy atom. The van der Waals surface area contributed by atoms with Crippen LogP contribution in [0.15, 0.2) is 119 Å². The molecule has 4 aromatic rings. The predicted octanol–water partition coefficient (Wildman–Crippen LogP) is 6.26. The average molecular weight is 543 g/mol. The van der Waals surface area contributed by atoms with Gasteiger partial charge >= 0.3 is 0 Å². The summed E-state index contributed by atoms with van der Waals surface area (Å²) >= 11 is 3.46. The summed E-state index contributed by atoms with van der Waals surface area (Å²) in [6, 6.07) is 32.8. The van der Waals surface area contributed by atoms with Gasteiger partial charge in [-0.05, 0) is 69.5 Å². The Morgan fingerprint density at radius 2 is 1.42 bits per heavy atom. The van der Waals surface area contributed by atoms with E-state index in [-0.39, 0.29) is 12.3 Å². The average Bonchev–Trinajstić information content (AvgIpc) is 2.91. The van der Waals surface area contributed by atoms with Gasteiger partial charge in [0.25, 0.3) is 11.8 Å². The van der Waals surface area contributed by atoms with E-state index in [4.69, 9.17) is 9.57 Å². The van der Waals surface area contributed by atoms with Gasteiger partial charge < -0.3 is 10.1 Å². The number of nitrogens with one attached hydrogen (secondary N) is 2. The number of para-hydroxylation sites is 1. The van der Waals surface area contributed by atoms with Crippen LogP contribution in [0.25, 0.3) is 6.08 Å². The van der Waals surface area contributed by atoms with Crippen LogP contribution in [-0.4, -0.2) is 11.8 Å². The van der Waals surface area contributed by atoms with E-state index >= 15 is 0 Å². The molecule has 0 spiro atoms. The first-order valence-corrected chi connectivity index (χ1v) is 11.9.